The summed E-state index contributed by atoms with van der Waals surface area (Å²) in [6.45, 7) is 6.00. The van der Waals surface area contributed by atoms with Gasteiger partial charge in [-0.15, -0.1) is 0 Å². The van der Waals surface area contributed by atoms with Crippen molar-refractivity contribution in [2.45, 2.75) is 104 Å². The molecule has 0 fully saturated rings. The summed E-state index contributed by atoms with van der Waals surface area (Å²) in [4.78, 5) is 4.60. The monoisotopic (exact) mass is 435 g/mol. The maximum absolute atomic E-state index is 5.90. The van der Waals surface area contributed by atoms with E-state index in [9.17, 15) is 0 Å². The van der Waals surface area contributed by atoms with Crippen LogP contribution in [0.3, 0.4) is 0 Å². The Morgan fingerprint density at radius 3 is 1.72 bits per heavy atom. The third kappa shape index (κ3) is 12.1. The van der Waals surface area contributed by atoms with Crippen LogP contribution < -0.4 is 4.74 Å². The van der Waals surface area contributed by atoms with Crippen LogP contribution in [-0.4, -0.2) is 12.8 Å². The Balaban J connectivity index is 1.48. The van der Waals surface area contributed by atoms with Crippen LogP contribution in [0, 0.1) is 0 Å². The van der Waals surface area contributed by atoms with Gasteiger partial charge in [0.05, 0.1) is 0 Å². The first-order valence-corrected chi connectivity index (χ1v) is 13.1. The zero-order chi connectivity index (χ0) is 22.7. The van der Waals surface area contributed by atoms with Gasteiger partial charge < -0.3 is 4.74 Å². The van der Waals surface area contributed by atoms with Gasteiger partial charge in [0.1, 0.15) is 12.4 Å². The highest BCUT2D eigenvalue weighted by molar-refractivity contribution is 5.79. The fourth-order valence-electron chi connectivity index (χ4n) is 3.90. The highest BCUT2D eigenvalue weighted by atomic mass is 16.5. The van der Waals surface area contributed by atoms with E-state index in [-0.39, 0.29) is 0 Å². The lowest BCUT2D eigenvalue weighted by atomic mass is 10.1. The molecule has 2 nitrogen and oxygen atoms in total. The van der Waals surface area contributed by atoms with Crippen LogP contribution in [0.5, 0.6) is 5.75 Å². The molecule has 0 aliphatic rings. The average Bonchev–Trinajstić information content (AvgIpc) is 2.84. The molecule has 0 radical (unpaired) electrons. The molecule has 0 bridgehead atoms. The molecule has 0 atom stereocenters. The topological polar surface area (TPSA) is 21.6 Å². The van der Waals surface area contributed by atoms with Gasteiger partial charge in [0.25, 0.3) is 0 Å². The molecule has 0 amide bonds. The van der Waals surface area contributed by atoms with Gasteiger partial charge in [0.2, 0.25) is 0 Å². The Bertz CT molecular complexity index is 718. The number of hydrogen-bond acceptors (Lipinski definition) is 2. The van der Waals surface area contributed by atoms with Gasteiger partial charge >= 0.3 is 0 Å². The van der Waals surface area contributed by atoms with Gasteiger partial charge in [-0.1, -0.05) is 109 Å². The van der Waals surface area contributed by atoms with Crippen LogP contribution in [0.2, 0.25) is 0 Å². The van der Waals surface area contributed by atoms with E-state index in [1.807, 2.05) is 18.3 Å². The molecular formula is C30H45NO. The van der Waals surface area contributed by atoms with Gasteiger partial charge in [-0.05, 0) is 53.8 Å². The van der Waals surface area contributed by atoms with Crippen molar-refractivity contribution in [1.82, 2.24) is 0 Å². The molecule has 0 unspecified atom stereocenters. The maximum Gasteiger partial charge on any atom is 0.119 e. The van der Waals surface area contributed by atoms with E-state index in [4.69, 9.17) is 4.74 Å². The summed E-state index contributed by atoms with van der Waals surface area (Å²) in [5.41, 5.74) is 3.71. The van der Waals surface area contributed by atoms with Crippen molar-refractivity contribution in [2.24, 2.45) is 4.99 Å². The Labute approximate surface area is 197 Å². The van der Waals surface area contributed by atoms with E-state index in [1.165, 1.54) is 88.2 Å². The fourth-order valence-corrected chi connectivity index (χ4v) is 3.90. The summed E-state index contributed by atoms with van der Waals surface area (Å²) in [7, 11) is 0. The lowest BCUT2D eigenvalue weighted by molar-refractivity contribution is 0.306. The molecule has 0 saturated carbocycles. The van der Waals surface area contributed by atoms with Crippen LogP contribution in [0.1, 0.15) is 108 Å². The lowest BCUT2D eigenvalue weighted by Crippen LogP contribution is -1.96. The first-order valence-electron chi connectivity index (χ1n) is 13.1. The van der Waals surface area contributed by atoms with Crippen molar-refractivity contribution >= 4 is 6.21 Å². The molecule has 0 heterocycles. The summed E-state index contributed by atoms with van der Waals surface area (Å²) in [6, 6.07) is 16.9. The SMILES string of the molecule is CCCCCCCCCCCCCCN=Cc1ccc(OCc2ccc(CC)cc2)cc1. The van der Waals surface area contributed by atoms with Crippen molar-refractivity contribution in [3.8, 4) is 5.75 Å². The normalized spacial score (nSPS) is 11.3. The zero-order valence-corrected chi connectivity index (χ0v) is 20.7. The smallest absolute Gasteiger partial charge is 0.119 e. The van der Waals surface area contributed by atoms with E-state index in [1.54, 1.807) is 0 Å². The third-order valence-electron chi connectivity index (χ3n) is 6.10. The van der Waals surface area contributed by atoms with E-state index in [2.05, 4.69) is 55.2 Å². The summed E-state index contributed by atoms with van der Waals surface area (Å²) < 4.78 is 5.90. The number of nitrogens with zero attached hydrogens (tertiary/aromatic N) is 1. The number of hydrogen-bond donors (Lipinski definition) is 0. The van der Waals surface area contributed by atoms with Crippen LogP contribution >= 0.6 is 0 Å². The molecule has 0 aliphatic carbocycles. The number of ether oxygens (including phenoxy) is 1. The number of rotatable bonds is 18. The van der Waals surface area contributed by atoms with Gasteiger partial charge in [0.15, 0.2) is 0 Å². The first-order chi connectivity index (χ1) is 15.8. The second-order valence-electron chi connectivity index (χ2n) is 8.95. The summed E-state index contributed by atoms with van der Waals surface area (Å²) in [6.07, 6.45) is 19.7. The Kier molecular flexibility index (Phi) is 14.3. The van der Waals surface area contributed by atoms with Crippen LogP contribution in [0.4, 0.5) is 0 Å². The van der Waals surface area contributed by atoms with Gasteiger partial charge in [0, 0.05) is 12.8 Å². The number of unbranched alkanes of at least 4 members (excludes halogenated alkanes) is 11. The number of aliphatic imine (C=N–C) groups is 1. The van der Waals surface area contributed by atoms with E-state index in [0.29, 0.717) is 6.61 Å². The predicted octanol–water partition coefficient (Wildman–Crippen LogP) is 8.95. The van der Waals surface area contributed by atoms with Crippen molar-refractivity contribution in [2.75, 3.05) is 6.54 Å². The van der Waals surface area contributed by atoms with E-state index in [0.717, 1.165) is 24.3 Å². The Hall–Kier alpha value is -2.09. The second kappa shape index (κ2) is 17.5. The van der Waals surface area contributed by atoms with Crippen molar-refractivity contribution in [3.05, 3.63) is 65.2 Å². The quantitative estimate of drug-likeness (QED) is 0.169. The summed E-state index contributed by atoms with van der Waals surface area (Å²) in [5.74, 6) is 0.905. The standard InChI is InChI=1S/C30H45NO/c1-3-5-6-7-8-9-10-11-12-13-14-15-24-31-25-28-20-22-30(23-21-28)32-26-29-18-16-27(4-2)17-19-29/h16-23,25H,3-15,24,26H2,1-2H3. The minimum atomic E-state index is 0.608. The highest BCUT2D eigenvalue weighted by Gasteiger charge is 1.98. The largest absolute Gasteiger partial charge is 0.489 e. The van der Waals surface area contributed by atoms with Crippen LogP contribution in [0.15, 0.2) is 53.5 Å². The van der Waals surface area contributed by atoms with Crippen LogP contribution in [-0.2, 0) is 13.0 Å². The summed E-state index contributed by atoms with van der Waals surface area (Å²) >= 11 is 0. The maximum atomic E-state index is 5.90. The molecule has 2 aromatic carbocycles. The number of aryl methyl sites for hydroxylation is 1. The molecule has 176 valence electrons. The van der Waals surface area contributed by atoms with Crippen molar-refractivity contribution in [1.29, 1.82) is 0 Å². The molecular weight excluding hydrogens is 390 g/mol. The van der Waals surface area contributed by atoms with Gasteiger partial charge in [-0.3, -0.25) is 4.99 Å². The molecule has 0 N–H and O–H groups in total. The third-order valence-corrected chi connectivity index (χ3v) is 6.10. The number of benzene rings is 2. The summed E-state index contributed by atoms with van der Waals surface area (Å²) in [5, 5.41) is 0. The second-order valence-corrected chi connectivity index (χ2v) is 8.95. The molecule has 0 saturated heterocycles. The van der Waals surface area contributed by atoms with Gasteiger partial charge in [-0.25, -0.2) is 0 Å². The van der Waals surface area contributed by atoms with Crippen molar-refractivity contribution in [3.63, 3.8) is 0 Å². The minimum absolute atomic E-state index is 0.608. The first kappa shape index (κ1) is 26.2. The molecule has 2 heteroatoms. The van der Waals surface area contributed by atoms with E-state index >= 15 is 0 Å². The fraction of sp³-hybridized carbons (Fsp3) is 0.567. The average molecular weight is 436 g/mol. The molecule has 0 aromatic heterocycles. The molecule has 32 heavy (non-hydrogen) atoms. The lowest BCUT2D eigenvalue weighted by Gasteiger charge is -2.07. The molecule has 2 aromatic rings. The Morgan fingerprint density at radius 2 is 1.16 bits per heavy atom. The molecule has 0 aliphatic heterocycles. The Morgan fingerprint density at radius 1 is 0.625 bits per heavy atom. The zero-order valence-electron chi connectivity index (χ0n) is 20.7. The van der Waals surface area contributed by atoms with Gasteiger partial charge in [-0.2, -0.15) is 0 Å². The minimum Gasteiger partial charge on any atom is -0.489 e. The highest BCUT2D eigenvalue weighted by Crippen LogP contribution is 2.15. The molecule has 0 spiro atoms. The molecule has 2 rings (SSSR count). The van der Waals surface area contributed by atoms with Crippen LogP contribution in [0.25, 0.3) is 0 Å². The van der Waals surface area contributed by atoms with E-state index < -0.39 is 0 Å². The van der Waals surface area contributed by atoms with Crippen molar-refractivity contribution < 1.29 is 4.74 Å². The predicted molar refractivity (Wildman–Crippen MR) is 140 cm³/mol.